The number of hydrogen-bond acceptors (Lipinski definition) is 4. The van der Waals surface area contributed by atoms with E-state index in [9.17, 15) is 9.18 Å². The van der Waals surface area contributed by atoms with Crippen molar-refractivity contribution in [2.45, 2.75) is 24.8 Å². The second kappa shape index (κ2) is 8.55. The highest BCUT2D eigenvalue weighted by Crippen LogP contribution is 2.36. The molecule has 0 spiro atoms. The van der Waals surface area contributed by atoms with Gasteiger partial charge in [0.1, 0.15) is 5.75 Å². The summed E-state index contributed by atoms with van der Waals surface area (Å²) in [7, 11) is 1.61. The van der Waals surface area contributed by atoms with Crippen molar-refractivity contribution in [2.24, 2.45) is 0 Å². The van der Waals surface area contributed by atoms with Crippen molar-refractivity contribution in [1.29, 1.82) is 0 Å². The molecule has 29 heavy (non-hydrogen) atoms. The van der Waals surface area contributed by atoms with Gasteiger partial charge in [-0.2, -0.15) is 0 Å². The van der Waals surface area contributed by atoms with Gasteiger partial charge in [0.05, 0.1) is 7.11 Å². The van der Waals surface area contributed by atoms with Gasteiger partial charge in [-0.25, -0.2) is 14.2 Å². The van der Waals surface area contributed by atoms with Crippen LogP contribution in [0.25, 0.3) is 0 Å². The first-order chi connectivity index (χ1) is 14.0. The minimum atomic E-state index is -0.495. The largest absolute Gasteiger partial charge is 0.497 e. The van der Waals surface area contributed by atoms with Crippen molar-refractivity contribution < 1.29 is 13.9 Å². The van der Waals surface area contributed by atoms with Crippen LogP contribution >= 0.6 is 11.6 Å². The van der Waals surface area contributed by atoms with E-state index in [1.165, 1.54) is 6.07 Å². The van der Waals surface area contributed by atoms with Crippen LogP contribution in [0.2, 0.25) is 5.15 Å². The molecule has 0 saturated carbocycles. The first kappa shape index (κ1) is 19.9. The molecule has 1 aromatic heterocycles. The zero-order chi connectivity index (χ0) is 20.4. The Hall–Kier alpha value is -2.38. The molecule has 2 aliphatic rings. The molecule has 8 heteroatoms. The van der Waals surface area contributed by atoms with Crippen molar-refractivity contribution >= 4 is 23.3 Å². The van der Waals surface area contributed by atoms with E-state index < -0.39 is 5.82 Å². The highest BCUT2D eigenvalue weighted by Gasteiger charge is 2.38. The van der Waals surface area contributed by atoms with E-state index in [0.29, 0.717) is 13.1 Å². The van der Waals surface area contributed by atoms with Gasteiger partial charge in [-0.15, -0.1) is 0 Å². The fourth-order valence-corrected chi connectivity index (χ4v) is 4.41. The molecule has 1 N–H and O–H groups in total. The molecule has 0 unspecified atom stereocenters. The van der Waals surface area contributed by atoms with Crippen molar-refractivity contribution in [3.05, 3.63) is 53.1 Å². The minimum Gasteiger partial charge on any atom is -0.497 e. The van der Waals surface area contributed by atoms with Crippen LogP contribution in [-0.4, -0.2) is 60.1 Å². The zero-order valence-electron chi connectivity index (χ0n) is 16.3. The number of nitrogens with zero attached hydrogens (tertiary/aromatic N) is 3. The molecule has 2 fully saturated rings. The lowest BCUT2D eigenvalue weighted by molar-refractivity contribution is 0.196. The Morgan fingerprint density at radius 1 is 1.28 bits per heavy atom. The monoisotopic (exact) mass is 418 g/mol. The Balaban J connectivity index is 1.48. The van der Waals surface area contributed by atoms with E-state index in [1.807, 2.05) is 29.2 Å². The fourth-order valence-electron chi connectivity index (χ4n) is 4.31. The molecule has 6 nitrogen and oxygen atoms in total. The number of nitrogens with one attached hydrogen (secondary N) is 1. The van der Waals surface area contributed by atoms with Crippen LogP contribution in [0.15, 0.2) is 36.5 Å². The molecule has 2 aromatic rings. The average molecular weight is 419 g/mol. The van der Waals surface area contributed by atoms with Crippen LogP contribution in [0.4, 0.5) is 14.9 Å². The van der Waals surface area contributed by atoms with E-state index in [-0.39, 0.29) is 23.1 Å². The van der Waals surface area contributed by atoms with Gasteiger partial charge in [0, 0.05) is 43.5 Å². The van der Waals surface area contributed by atoms with E-state index >= 15 is 0 Å². The van der Waals surface area contributed by atoms with Gasteiger partial charge in [-0.05, 0) is 55.3 Å². The smallest absolute Gasteiger partial charge is 0.321 e. The van der Waals surface area contributed by atoms with Gasteiger partial charge in [0.2, 0.25) is 0 Å². The summed E-state index contributed by atoms with van der Waals surface area (Å²) >= 11 is 5.75. The van der Waals surface area contributed by atoms with E-state index in [2.05, 4.69) is 15.2 Å². The van der Waals surface area contributed by atoms with Crippen molar-refractivity contribution in [2.75, 3.05) is 38.6 Å². The number of pyridine rings is 1. The predicted molar refractivity (Wildman–Crippen MR) is 110 cm³/mol. The van der Waals surface area contributed by atoms with Gasteiger partial charge in [0.15, 0.2) is 11.0 Å². The first-order valence-corrected chi connectivity index (χ1v) is 10.2. The Kier molecular flexibility index (Phi) is 5.87. The SMILES string of the molecule is COc1ccc(NC(=O)N2CCCN3CC[C@H](c4cnc(Cl)c(F)c4)[C@@H]3C2)cc1. The Bertz CT molecular complexity index is 879. The molecule has 0 radical (unpaired) electrons. The van der Waals surface area contributed by atoms with Crippen LogP contribution in [0.1, 0.15) is 24.3 Å². The van der Waals surface area contributed by atoms with Crippen LogP contribution in [-0.2, 0) is 0 Å². The van der Waals surface area contributed by atoms with Crippen molar-refractivity contribution in [1.82, 2.24) is 14.8 Å². The first-order valence-electron chi connectivity index (χ1n) is 9.80. The zero-order valence-corrected chi connectivity index (χ0v) is 17.0. The van der Waals surface area contributed by atoms with Crippen LogP contribution in [0, 0.1) is 5.82 Å². The molecule has 2 aliphatic heterocycles. The summed E-state index contributed by atoms with van der Waals surface area (Å²) in [5.41, 5.74) is 1.57. The average Bonchev–Trinajstić information content (AvgIpc) is 3.00. The number of halogens is 2. The third-order valence-corrected chi connectivity index (χ3v) is 6.09. The lowest BCUT2D eigenvalue weighted by atomic mass is 9.92. The number of carbonyl (C=O) groups excluding carboxylic acids is 1. The number of aromatic nitrogens is 1. The number of methoxy groups -OCH3 is 1. The van der Waals surface area contributed by atoms with E-state index in [4.69, 9.17) is 16.3 Å². The number of fused-ring (bicyclic) bond motifs is 1. The quantitative estimate of drug-likeness (QED) is 0.766. The third-order valence-electron chi connectivity index (χ3n) is 5.82. The maximum Gasteiger partial charge on any atom is 0.321 e. The standard InChI is InChI=1S/C21H24ClFN4O2/c1-29-16-5-3-15(4-6-16)25-21(28)27-9-2-8-26-10-7-17(19(26)13-27)14-11-18(23)20(22)24-12-14/h3-6,11-12,17,19H,2,7-10,13H2,1H3,(H,25,28)/t17-,19+/m1/s1. The predicted octanol–water partition coefficient (Wildman–Crippen LogP) is 3.98. The van der Waals surface area contributed by atoms with Crippen molar-refractivity contribution in [3.63, 3.8) is 0 Å². The Labute approximate surface area is 174 Å². The van der Waals surface area contributed by atoms with Gasteiger partial charge in [-0.1, -0.05) is 11.6 Å². The summed E-state index contributed by atoms with van der Waals surface area (Å²) in [5, 5.41) is 2.86. The number of anilines is 1. The Morgan fingerprint density at radius 3 is 2.79 bits per heavy atom. The number of amides is 2. The van der Waals surface area contributed by atoms with Crippen LogP contribution in [0.5, 0.6) is 5.75 Å². The van der Waals surface area contributed by atoms with E-state index in [1.54, 1.807) is 13.3 Å². The number of urea groups is 1. The number of carbonyl (C=O) groups is 1. The number of rotatable bonds is 3. The molecule has 2 saturated heterocycles. The van der Waals surface area contributed by atoms with Crippen molar-refractivity contribution in [3.8, 4) is 5.75 Å². The molecule has 4 rings (SSSR count). The Morgan fingerprint density at radius 2 is 2.07 bits per heavy atom. The highest BCUT2D eigenvalue weighted by molar-refractivity contribution is 6.29. The number of benzene rings is 1. The van der Waals surface area contributed by atoms with Gasteiger partial charge in [-0.3, -0.25) is 4.90 Å². The molecule has 154 valence electrons. The third kappa shape index (κ3) is 4.31. The lowest BCUT2D eigenvalue weighted by Crippen LogP contribution is -2.43. The summed E-state index contributed by atoms with van der Waals surface area (Å²) in [6.45, 7) is 3.15. The molecule has 3 heterocycles. The topological polar surface area (TPSA) is 57.7 Å². The number of hydrogen-bond donors (Lipinski definition) is 1. The second-order valence-corrected chi connectivity index (χ2v) is 7.86. The van der Waals surface area contributed by atoms with Gasteiger partial charge < -0.3 is 15.0 Å². The molecule has 2 atom stereocenters. The summed E-state index contributed by atoms with van der Waals surface area (Å²) < 4.78 is 19.1. The molecule has 1 aromatic carbocycles. The highest BCUT2D eigenvalue weighted by atomic mass is 35.5. The molecular formula is C21H24ClFN4O2. The maximum atomic E-state index is 13.9. The van der Waals surface area contributed by atoms with Crippen LogP contribution < -0.4 is 10.1 Å². The molecule has 0 bridgehead atoms. The molecule has 0 aliphatic carbocycles. The van der Waals surface area contributed by atoms with E-state index in [0.717, 1.165) is 42.9 Å². The summed E-state index contributed by atoms with van der Waals surface area (Å²) in [6.07, 6.45) is 3.49. The second-order valence-electron chi connectivity index (χ2n) is 7.50. The number of ether oxygens (including phenoxy) is 1. The summed E-state index contributed by atoms with van der Waals surface area (Å²) in [5.74, 6) is 0.375. The summed E-state index contributed by atoms with van der Waals surface area (Å²) in [4.78, 5) is 21.1. The van der Waals surface area contributed by atoms with Gasteiger partial charge >= 0.3 is 6.03 Å². The fraction of sp³-hybridized carbons (Fsp3) is 0.429. The molecule has 2 amide bonds. The normalized spacial score (nSPS) is 22.1. The summed E-state index contributed by atoms with van der Waals surface area (Å²) in [6, 6.07) is 8.77. The van der Waals surface area contributed by atoms with Crippen LogP contribution in [0.3, 0.4) is 0 Å². The lowest BCUT2D eigenvalue weighted by Gasteiger charge is -2.30. The maximum absolute atomic E-state index is 13.9. The molecular weight excluding hydrogens is 395 g/mol. The minimum absolute atomic E-state index is 0.107. The van der Waals surface area contributed by atoms with Gasteiger partial charge in [0.25, 0.3) is 0 Å².